The quantitative estimate of drug-likeness (QED) is 0.374. The lowest BCUT2D eigenvalue weighted by Crippen LogP contribution is -2.14. The van der Waals surface area contributed by atoms with E-state index in [-0.39, 0.29) is 34.7 Å². The first-order valence-electron chi connectivity index (χ1n) is 6.45. The summed E-state index contributed by atoms with van der Waals surface area (Å²) in [5, 5.41) is 28.7. The van der Waals surface area contributed by atoms with E-state index >= 15 is 0 Å². The Bertz CT molecular complexity index is 663. The standard InChI is InChI=1S/C14H14N2O5/c1-2-3-6-21-14(18)11-12(15)9-5-4-8(16(19)20)7-10(9)13(11)17/h4-5,7,15,17H,2-3,6H2,1H3. The van der Waals surface area contributed by atoms with E-state index in [9.17, 15) is 20.0 Å². The Balaban J connectivity index is 2.33. The van der Waals surface area contributed by atoms with Crippen LogP contribution < -0.4 is 0 Å². The lowest BCUT2D eigenvalue weighted by Gasteiger charge is -2.05. The highest BCUT2D eigenvalue weighted by Gasteiger charge is 2.33. The fourth-order valence-corrected chi connectivity index (χ4v) is 2.03. The number of nitro benzene ring substituents is 1. The van der Waals surface area contributed by atoms with Crippen LogP contribution in [0, 0.1) is 15.5 Å². The maximum Gasteiger partial charge on any atom is 0.344 e. The zero-order valence-corrected chi connectivity index (χ0v) is 11.4. The summed E-state index contributed by atoms with van der Waals surface area (Å²) in [4.78, 5) is 22.1. The highest BCUT2D eigenvalue weighted by atomic mass is 16.6. The summed E-state index contributed by atoms with van der Waals surface area (Å²) in [6.45, 7) is 2.15. The molecule has 1 aromatic rings. The summed E-state index contributed by atoms with van der Waals surface area (Å²) < 4.78 is 4.98. The van der Waals surface area contributed by atoms with E-state index in [4.69, 9.17) is 10.1 Å². The number of non-ortho nitro benzene ring substituents is 1. The SMILES string of the molecule is CCCCOC(=O)C1=C(O)c2cc([N+](=O)[O-])ccc2C1=N. The molecule has 0 saturated heterocycles. The molecule has 0 atom stereocenters. The number of aliphatic hydroxyl groups excluding tert-OH is 1. The maximum absolute atomic E-state index is 11.9. The van der Waals surface area contributed by atoms with Gasteiger partial charge in [0.1, 0.15) is 11.3 Å². The van der Waals surface area contributed by atoms with E-state index in [1.807, 2.05) is 6.92 Å². The lowest BCUT2D eigenvalue weighted by molar-refractivity contribution is -0.384. The monoisotopic (exact) mass is 290 g/mol. The van der Waals surface area contributed by atoms with E-state index in [1.165, 1.54) is 12.1 Å². The van der Waals surface area contributed by atoms with Crippen molar-refractivity contribution in [3.05, 3.63) is 45.0 Å². The smallest absolute Gasteiger partial charge is 0.344 e. The normalized spacial score (nSPS) is 13.3. The number of nitro groups is 1. The number of benzene rings is 1. The molecule has 0 spiro atoms. The van der Waals surface area contributed by atoms with Crippen LogP contribution in [0.1, 0.15) is 30.9 Å². The van der Waals surface area contributed by atoms with Crippen molar-refractivity contribution in [2.24, 2.45) is 0 Å². The molecule has 7 nitrogen and oxygen atoms in total. The third kappa shape index (κ3) is 2.62. The second-order valence-electron chi connectivity index (χ2n) is 4.58. The number of aliphatic hydroxyl groups is 1. The molecule has 110 valence electrons. The largest absolute Gasteiger partial charge is 0.506 e. The topological polar surface area (TPSA) is 114 Å². The van der Waals surface area contributed by atoms with Crippen molar-refractivity contribution in [3.8, 4) is 0 Å². The van der Waals surface area contributed by atoms with Gasteiger partial charge in [-0.2, -0.15) is 0 Å². The van der Waals surface area contributed by atoms with Crippen LogP contribution in [-0.4, -0.2) is 28.3 Å². The summed E-state index contributed by atoms with van der Waals surface area (Å²) in [6.07, 6.45) is 1.54. The van der Waals surface area contributed by atoms with Gasteiger partial charge in [0.2, 0.25) is 0 Å². The maximum atomic E-state index is 11.9. The summed E-state index contributed by atoms with van der Waals surface area (Å²) in [6, 6.07) is 3.72. The minimum atomic E-state index is -0.787. The molecular weight excluding hydrogens is 276 g/mol. The second-order valence-corrected chi connectivity index (χ2v) is 4.58. The molecule has 1 aromatic carbocycles. The van der Waals surface area contributed by atoms with Crippen LogP contribution >= 0.6 is 0 Å². The predicted octanol–water partition coefficient (Wildman–Crippen LogP) is 2.59. The van der Waals surface area contributed by atoms with Crippen LogP contribution in [0.3, 0.4) is 0 Å². The number of esters is 1. The zero-order valence-electron chi connectivity index (χ0n) is 11.4. The number of hydrogen-bond donors (Lipinski definition) is 2. The zero-order chi connectivity index (χ0) is 15.6. The molecule has 1 aliphatic rings. The molecule has 7 heteroatoms. The number of nitrogens with one attached hydrogen (secondary N) is 1. The Morgan fingerprint density at radius 1 is 1.43 bits per heavy atom. The Morgan fingerprint density at radius 2 is 2.14 bits per heavy atom. The molecule has 0 fully saturated rings. The molecule has 0 bridgehead atoms. The van der Waals surface area contributed by atoms with E-state index < -0.39 is 16.7 Å². The third-order valence-electron chi connectivity index (χ3n) is 3.16. The van der Waals surface area contributed by atoms with Crippen molar-refractivity contribution in [2.45, 2.75) is 19.8 Å². The molecule has 2 rings (SSSR count). The van der Waals surface area contributed by atoms with Gasteiger partial charge in [0.15, 0.2) is 0 Å². The van der Waals surface area contributed by atoms with Gasteiger partial charge in [-0.15, -0.1) is 0 Å². The molecule has 0 heterocycles. The van der Waals surface area contributed by atoms with Crippen LogP contribution in [0.2, 0.25) is 0 Å². The van der Waals surface area contributed by atoms with Crippen molar-refractivity contribution >= 4 is 23.1 Å². The van der Waals surface area contributed by atoms with Crippen molar-refractivity contribution in [1.82, 2.24) is 0 Å². The van der Waals surface area contributed by atoms with Gasteiger partial charge >= 0.3 is 5.97 Å². The van der Waals surface area contributed by atoms with Gasteiger partial charge in [-0.3, -0.25) is 15.5 Å². The first kappa shape index (κ1) is 14.7. The van der Waals surface area contributed by atoms with E-state index in [2.05, 4.69) is 0 Å². The fourth-order valence-electron chi connectivity index (χ4n) is 2.03. The first-order chi connectivity index (χ1) is 9.97. The summed E-state index contributed by atoms with van der Waals surface area (Å²) >= 11 is 0. The highest BCUT2D eigenvalue weighted by molar-refractivity contribution is 6.33. The van der Waals surface area contributed by atoms with Gasteiger partial charge in [0.25, 0.3) is 5.69 Å². The fraction of sp³-hybridized carbons (Fsp3) is 0.286. The number of unbranched alkanes of at least 4 members (excludes halogenated alkanes) is 1. The van der Waals surface area contributed by atoms with Gasteiger partial charge in [-0.25, -0.2) is 4.79 Å². The predicted molar refractivity (Wildman–Crippen MR) is 75.3 cm³/mol. The minimum Gasteiger partial charge on any atom is -0.506 e. The molecule has 0 aliphatic heterocycles. The number of carbonyl (C=O) groups excluding carboxylic acids is 1. The molecule has 0 saturated carbocycles. The molecule has 0 amide bonds. The number of ether oxygens (including phenoxy) is 1. The first-order valence-corrected chi connectivity index (χ1v) is 6.45. The molecule has 0 radical (unpaired) electrons. The van der Waals surface area contributed by atoms with Gasteiger partial charge in [-0.05, 0) is 12.5 Å². The van der Waals surface area contributed by atoms with Gasteiger partial charge in [0.05, 0.1) is 17.2 Å². The lowest BCUT2D eigenvalue weighted by atomic mass is 10.1. The van der Waals surface area contributed by atoms with E-state index in [0.29, 0.717) is 6.42 Å². The van der Waals surface area contributed by atoms with Gasteiger partial charge < -0.3 is 9.84 Å². The van der Waals surface area contributed by atoms with Crippen LogP contribution in [0.25, 0.3) is 5.76 Å². The van der Waals surface area contributed by atoms with Crippen molar-refractivity contribution in [3.63, 3.8) is 0 Å². The molecule has 2 N–H and O–H groups in total. The highest BCUT2D eigenvalue weighted by Crippen LogP contribution is 2.34. The van der Waals surface area contributed by atoms with Crippen LogP contribution in [0.15, 0.2) is 23.8 Å². The Hall–Kier alpha value is -2.70. The average molecular weight is 290 g/mol. The van der Waals surface area contributed by atoms with Crippen molar-refractivity contribution in [1.29, 1.82) is 5.41 Å². The number of rotatable bonds is 5. The van der Waals surface area contributed by atoms with Crippen LogP contribution in [0.4, 0.5) is 5.69 Å². The number of nitrogens with zero attached hydrogens (tertiary/aromatic N) is 1. The van der Waals surface area contributed by atoms with Crippen molar-refractivity contribution < 1.29 is 19.6 Å². The average Bonchev–Trinajstić information content (AvgIpc) is 2.70. The molecule has 21 heavy (non-hydrogen) atoms. The summed E-state index contributed by atoms with van der Waals surface area (Å²) in [5.41, 5.74) is -0.258. The molecule has 0 aromatic heterocycles. The molecular formula is C14H14N2O5. The minimum absolute atomic E-state index is 0.108. The summed E-state index contributed by atoms with van der Waals surface area (Å²) in [7, 11) is 0. The van der Waals surface area contributed by atoms with Crippen LogP contribution in [0.5, 0.6) is 0 Å². The van der Waals surface area contributed by atoms with Crippen LogP contribution in [-0.2, 0) is 9.53 Å². The number of fused-ring (bicyclic) bond motifs is 1. The van der Waals surface area contributed by atoms with Gasteiger partial charge in [-0.1, -0.05) is 13.3 Å². The van der Waals surface area contributed by atoms with E-state index in [1.54, 1.807) is 0 Å². The Kier molecular flexibility index (Phi) is 4.02. The van der Waals surface area contributed by atoms with E-state index in [0.717, 1.165) is 12.5 Å². The number of carbonyl (C=O) groups is 1. The molecule has 1 aliphatic carbocycles. The van der Waals surface area contributed by atoms with Gasteiger partial charge in [0, 0.05) is 23.3 Å². The second kappa shape index (κ2) is 5.74. The molecule has 0 unspecified atom stereocenters. The Labute approximate surface area is 120 Å². The van der Waals surface area contributed by atoms with Crippen molar-refractivity contribution in [2.75, 3.05) is 6.61 Å². The summed E-state index contributed by atoms with van der Waals surface area (Å²) in [5.74, 6) is -1.23. The Morgan fingerprint density at radius 3 is 2.76 bits per heavy atom. The third-order valence-corrected chi connectivity index (χ3v) is 3.16. The number of hydrogen-bond acceptors (Lipinski definition) is 6.